The van der Waals surface area contributed by atoms with E-state index in [2.05, 4.69) is 40.3 Å². The molecule has 0 spiro atoms. The van der Waals surface area contributed by atoms with Gasteiger partial charge in [-0.15, -0.1) is 0 Å². The van der Waals surface area contributed by atoms with Crippen LogP contribution >= 0.6 is 0 Å². The molecule has 0 fully saturated rings. The maximum Gasteiger partial charge on any atom is 0.159 e. The monoisotopic (exact) mass is 245 g/mol. The molecule has 18 heavy (non-hydrogen) atoms. The Hall–Kier alpha value is -1.91. The van der Waals surface area contributed by atoms with Crippen molar-refractivity contribution in [2.75, 3.05) is 11.9 Å². The van der Waals surface area contributed by atoms with Crippen LogP contribution in [0.3, 0.4) is 0 Å². The first-order chi connectivity index (χ1) is 8.78. The van der Waals surface area contributed by atoms with Gasteiger partial charge in [0.15, 0.2) is 5.82 Å². The second-order valence-electron chi connectivity index (χ2n) is 4.04. The lowest BCUT2D eigenvalue weighted by Crippen LogP contribution is -2.07. The van der Waals surface area contributed by atoms with Gasteiger partial charge in [-0.1, -0.05) is 13.8 Å². The van der Waals surface area contributed by atoms with Crippen molar-refractivity contribution in [3.8, 4) is 5.82 Å². The van der Waals surface area contributed by atoms with Crippen molar-refractivity contribution in [1.29, 1.82) is 0 Å². The van der Waals surface area contributed by atoms with E-state index in [-0.39, 0.29) is 0 Å². The minimum atomic E-state index is 0.817. The molecule has 0 bridgehead atoms. The molecule has 96 valence electrons. The fourth-order valence-electron chi connectivity index (χ4n) is 1.84. The summed E-state index contributed by atoms with van der Waals surface area (Å²) in [5.74, 6) is 1.65. The molecule has 0 unspecified atom stereocenters. The van der Waals surface area contributed by atoms with Crippen molar-refractivity contribution >= 4 is 5.82 Å². The number of hydrogen-bond acceptors (Lipinski definition) is 4. The van der Waals surface area contributed by atoms with Gasteiger partial charge < -0.3 is 5.32 Å². The standard InChI is InChI=1S/C13H19N5/c1-4-10-7-11(5-2)18(17-10)13-8-12(14-6-3)15-9-16-13/h7-9H,4-6H2,1-3H3,(H,14,15,16). The first kappa shape index (κ1) is 12.5. The van der Waals surface area contributed by atoms with Crippen molar-refractivity contribution in [2.24, 2.45) is 0 Å². The van der Waals surface area contributed by atoms with Crippen LogP contribution in [0.25, 0.3) is 5.82 Å². The van der Waals surface area contributed by atoms with Gasteiger partial charge in [-0.2, -0.15) is 5.10 Å². The van der Waals surface area contributed by atoms with Crippen molar-refractivity contribution in [2.45, 2.75) is 33.6 Å². The molecule has 2 aromatic rings. The quantitative estimate of drug-likeness (QED) is 0.877. The Morgan fingerprint density at radius 1 is 1.11 bits per heavy atom. The van der Waals surface area contributed by atoms with Crippen LogP contribution in [0.4, 0.5) is 5.82 Å². The van der Waals surface area contributed by atoms with Crippen LogP contribution in [0.1, 0.15) is 32.2 Å². The maximum absolute atomic E-state index is 4.57. The number of anilines is 1. The van der Waals surface area contributed by atoms with Crippen LogP contribution in [-0.2, 0) is 12.8 Å². The summed E-state index contributed by atoms with van der Waals surface area (Å²) in [7, 11) is 0. The predicted octanol–water partition coefficient (Wildman–Crippen LogP) is 2.22. The largest absolute Gasteiger partial charge is 0.370 e. The number of nitrogens with zero attached hydrogens (tertiary/aromatic N) is 4. The zero-order valence-corrected chi connectivity index (χ0v) is 11.1. The van der Waals surface area contributed by atoms with E-state index in [9.17, 15) is 0 Å². The Morgan fingerprint density at radius 2 is 1.94 bits per heavy atom. The Morgan fingerprint density at radius 3 is 2.61 bits per heavy atom. The normalized spacial score (nSPS) is 10.6. The highest BCUT2D eigenvalue weighted by Crippen LogP contribution is 2.14. The summed E-state index contributed by atoms with van der Waals surface area (Å²) in [6, 6.07) is 4.06. The van der Waals surface area contributed by atoms with Gasteiger partial charge in [-0.3, -0.25) is 0 Å². The lowest BCUT2D eigenvalue weighted by molar-refractivity contribution is 0.768. The van der Waals surface area contributed by atoms with Gasteiger partial charge in [0.1, 0.15) is 12.1 Å². The van der Waals surface area contributed by atoms with Crippen LogP contribution in [-0.4, -0.2) is 26.3 Å². The van der Waals surface area contributed by atoms with E-state index in [1.165, 1.54) is 5.69 Å². The maximum atomic E-state index is 4.57. The highest BCUT2D eigenvalue weighted by atomic mass is 15.3. The average Bonchev–Trinajstić information content (AvgIpc) is 2.83. The average molecular weight is 245 g/mol. The van der Waals surface area contributed by atoms with E-state index in [4.69, 9.17) is 0 Å². The van der Waals surface area contributed by atoms with Crippen LogP contribution in [0.2, 0.25) is 0 Å². The van der Waals surface area contributed by atoms with E-state index >= 15 is 0 Å². The SMILES string of the molecule is CCNc1cc(-n2nc(CC)cc2CC)ncn1. The molecule has 0 aromatic carbocycles. The van der Waals surface area contributed by atoms with Gasteiger partial charge in [-0.05, 0) is 25.8 Å². The minimum absolute atomic E-state index is 0.817. The van der Waals surface area contributed by atoms with Crippen molar-refractivity contribution in [3.63, 3.8) is 0 Å². The number of rotatable bonds is 5. The number of nitrogens with one attached hydrogen (secondary N) is 1. The topological polar surface area (TPSA) is 55.6 Å². The molecule has 0 aliphatic rings. The van der Waals surface area contributed by atoms with Gasteiger partial charge in [0.05, 0.1) is 5.69 Å². The Bertz CT molecular complexity index is 518. The third-order valence-corrected chi connectivity index (χ3v) is 2.79. The van der Waals surface area contributed by atoms with Crippen LogP contribution < -0.4 is 5.32 Å². The summed E-state index contributed by atoms with van der Waals surface area (Å²) >= 11 is 0. The summed E-state index contributed by atoms with van der Waals surface area (Å²) in [5.41, 5.74) is 2.27. The smallest absolute Gasteiger partial charge is 0.159 e. The molecule has 0 atom stereocenters. The van der Waals surface area contributed by atoms with Gasteiger partial charge in [-0.25, -0.2) is 14.6 Å². The molecule has 0 amide bonds. The Balaban J connectivity index is 2.40. The molecular formula is C13H19N5. The molecule has 5 nitrogen and oxygen atoms in total. The first-order valence-corrected chi connectivity index (χ1v) is 6.42. The first-order valence-electron chi connectivity index (χ1n) is 6.42. The minimum Gasteiger partial charge on any atom is -0.370 e. The van der Waals surface area contributed by atoms with Crippen LogP contribution in [0.15, 0.2) is 18.5 Å². The van der Waals surface area contributed by atoms with Crippen molar-refractivity contribution in [3.05, 3.63) is 29.8 Å². The molecule has 0 aliphatic carbocycles. The van der Waals surface area contributed by atoms with E-state index in [1.807, 2.05) is 17.7 Å². The summed E-state index contributed by atoms with van der Waals surface area (Å²) < 4.78 is 1.90. The highest BCUT2D eigenvalue weighted by Gasteiger charge is 2.09. The third-order valence-electron chi connectivity index (χ3n) is 2.79. The van der Waals surface area contributed by atoms with Gasteiger partial charge >= 0.3 is 0 Å². The molecule has 5 heteroatoms. The lowest BCUT2D eigenvalue weighted by atomic mass is 10.2. The lowest BCUT2D eigenvalue weighted by Gasteiger charge is -2.07. The van der Waals surface area contributed by atoms with Crippen LogP contribution in [0, 0.1) is 0 Å². The highest BCUT2D eigenvalue weighted by molar-refractivity contribution is 5.40. The number of aryl methyl sites for hydroxylation is 2. The molecule has 0 saturated carbocycles. The molecule has 0 radical (unpaired) electrons. The number of aromatic nitrogens is 4. The van der Waals surface area contributed by atoms with Gasteiger partial charge in [0.25, 0.3) is 0 Å². The Kier molecular flexibility index (Phi) is 3.92. The third kappa shape index (κ3) is 2.50. The summed E-state index contributed by atoms with van der Waals surface area (Å²) in [5, 5.41) is 7.75. The van der Waals surface area contributed by atoms with E-state index in [0.29, 0.717) is 0 Å². The molecule has 0 aliphatic heterocycles. The molecule has 0 saturated heterocycles. The molecule has 2 aromatic heterocycles. The second kappa shape index (κ2) is 5.62. The molecule has 2 heterocycles. The van der Waals surface area contributed by atoms with E-state index < -0.39 is 0 Å². The zero-order valence-electron chi connectivity index (χ0n) is 11.1. The molecule has 2 rings (SSSR count). The van der Waals surface area contributed by atoms with Crippen LogP contribution in [0.5, 0.6) is 0 Å². The van der Waals surface area contributed by atoms with E-state index in [1.54, 1.807) is 6.33 Å². The fraction of sp³-hybridized carbons (Fsp3) is 0.462. The number of hydrogen-bond donors (Lipinski definition) is 1. The molecular weight excluding hydrogens is 226 g/mol. The van der Waals surface area contributed by atoms with Gasteiger partial charge in [0.2, 0.25) is 0 Å². The predicted molar refractivity (Wildman–Crippen MR) is 72.1 cm³/mol. The summed E-state index contributed by atoms with van der Waals surface area (Å²) in [6.07, 6.45) is 3.44. The summed E-state index contributed by atoms with van der Waals surface area (Å²) in [4.78, 5) is 8.47. The fourth-order valence-corrected chi connectivity index (χ4v) is 1.84. The van der Waals surface area contributed by atoms with Crippen molar-refractivity contribution in [1.82, 2.24) is 19.7 Å². The summed E-state index contributed by atoms with van der Waals surface area (Å²) in [6.45, 7) is 7.12. The zero-order chi connectivity index (χ0) is 13.0. The Labute approximate surface area is 107 Å². The molecule has 1 N–H and O–H groups in total. The van der Waals surface area contributed by atoms with Crippen molar-refractivity contribution < 1.29 is 0 Å². The second-order valence-corrected chi connectivity index (χ2v) is 4.04. The van der Waals surface area contributed by atoms with Gasteiger partial charge in [0, 0.05) is 18.3 Å². The van der Waals surface area contributed by atoms with E-state index in [0.717, 1.165) is 36.7 Å².